The first kappa shape index (κ1) is 19.6. The number of ether oxygens (including phenoxy) is 2. The SMILES string of the molecule is COc1ccc(CC(=O)N2CC[C@]3(C2)C(=O)N(C)c2ccc(OC)cc23)c(Cl)c1. The van der Waals surface area contributed by atoms with Crippen LogP contribution in [0.5, 0.6) is 11.5 Å². The lowest BCUT2D eigenvalue weighted by Gasteiger charge is -2.24. The largest absolute Gasteiger partial charge is 0.497 e. The summed E-state index contributed by atoms with van der Waals surface area (Å²) in [6.45, 7) is 0.895. The number of anilines is 1. The predicted molar refractivity (Wildman–Crippen MR) is 111 cm³/mol. The monoisotopic (exact) mass is 414 g/mol. The van der Waals surface area contributed by atoms with Gasteiger partial charge in [0.15, 0.2) is 0 Å². The van der Waals surface area contributed by atoms with Crippen LogP contribution in [-0.2, 0) is 21.4 Å². The van der Waals surface area contributed by atoms with Crippen molar-refractivity contribution >= 4 is 29.1 Å². The number of carbonyl (C=O) groups excluding carboxylic acids is 2. The van der Waals surface area contributed by atoms with Crippen LogP contribution >= 0.6 is 11.6 Å². The Morgan fingerprint density at radius 3 is 2.52 bits per heavy atom. The molecule has 0 saturated carbocycles. The summed E-state index contributed by atoms with van der Waals surface area (Å²) in [5.41, 5.74) is 1.85. The van der Waals surface area contributed by atoms with Gasteiger partial charge in [0.25, 0.3) is 0 Å². The van der Waals surface area contributed by atoms with Crippen molar-refractivity contribution in [3.8, 4) is 11.5 Å². The number of methoxy groups -OCH3 is 2. The summed E-state index contributed by atoms with van der Waals surface area (Å²) in [6, 6.07) is 11.0. The molecule has 1 fully saturated rings. The maximum Gasteiger partial charge on any atom is 0.239 e. The fraction of sp³-hybridized carbons (Fsp3) is 0.364. The van der Waals surface area contributed by atoms with Crippen LogP contribution in [0.25, 0.3) is 0 Å². The summed E-state index contributed by atoms with van der Waals surface area (Å²) in [5, 5.41) is 0.498. The number of fused-ring (bicyclic) bond motifs is 2. The fourth-order valence-corrected chi connectivity index (χ4v) is 4.59. The Bertz CT molecular complexity index is 993. The van der Waals surface area contributed by atoms with Gasteiger partial charge in [-0.15, -0.1) is 0 Å². The van der Waals surface area contributed by atoms with Crippen LogP contribution < -0.4 is 14.4 Å². The Kier molecular flexibility index (Phi) is 4.90. The third kappa shape index (κ3) is 3.12. The van der Waals surface area contributed by atoms with E-state index < -0.39 is 5.41 Å². The number of halogens is 1. The van der Waals surface area contributed by atoms with Crippen molar-refractivity contribution in [2.45, 2.75) is 18.3 Å². The first-order chi connectivity index (χ1) is 13.9. The highest BCUT2D eigenvalue weighted by Crippen LogP contribution is 2.48. The van der Waals surface area contributed by atoms with E-state index in [1.807, 2.05) is 18.2 Å². The topological polar surface area (TPSA) is 59.1 Å². The highest BCUT2D eigenvalue weighted by atomic mass is 35.5. The van der Waals surface area contributed by atoms with E-state index in [1.54, 1.807) is 49.3 Å². The molecule has 2 aliphatic heterocycles. The third-order valence-corrected chi connectivity index (χ3v) is 6.37. The van der Waals surface area contributed by atoms with E-state index in [0.717, 1.165) is 16.8 Å². The van der Waals surface area contributed by atoms with Crippen molar-refractivity contribution in [2.24, 2.45) is 0 Å². The van der Waals surface area contributed by atoms with Crippen molar-refractivity contribution in [2.75, 3.05) is 39.3 Å². The van der Waals surface area contributed by atoms with Gasteiger partial charge in [-0.2, -0.15) is 0 Å². The van der Waals surface area contributed by atoms with Crippen LogP contribution in [0.2, 0.25) is 5.02 Å². The molecule has 2 amide bonds. The molecule has 2 aromatic rings. The highest BCUT2D eigenvalue weighted by molar-refractivity contribution is 6.31. The predicted octanol–water partition coefficient (Wildman–Crippen LogP) is 3.05. The summed E-state index contributed by atoms with van der Waals surface area (Å²) < 4.78 is 10.5. The van der Waals surface area contributed by atoms with Gasteiger partial charge in [-0.3, -0.25) is 9.59 Å². The number of likely N-dealkylation sites (tertiary alicyclic amines) is 1. The molecule has 0 aromatic heterocycles. The minimum atomic E-state index is -0.710. The second-order valence-electron chi connectivity index (χ2n) is 7.53. The molecule has 4 rings (SSSR count). The molecule has 152 valence electrons. The van der Waals surface area contributed by atoms with E-state index in [-0.39, 0.29) is 18.2 Å². The quantitative estimate of drug-likeness (QED) is 0.771. The Morgan fingerprint density at radius 1 is 1.14 bits per heavy atom. The molecule has 6 nitrogen and oxygen atoms in total. The van der Waals surface area contributed by atoms with Crippen molar-refractivity contribution in [3.05, 3.63) is 52.5 Å². The first-order valence-corrected chi connectivity index (χ1v) is 9.84. The molecule has 2 aliphatic rings. The normalized spacial score (nSPS) is 20.3. The molecule has 1 atom stereocenters. The van der Waals surface area contributed by atoms with Gasteiger partial charge in [-0.25, -0.2) is 0 Å². The van der Waals surface area contributed by atoms with Gasteiger partial charge in [0.05, 0.1) is 26.1 Å². The zero-order valence-electron chi connectivity index (χ0n) is 16.7. The lowest BCUT2D eigenvalue weighted by molar-refractivity contribution is -0.130. The number of benzene rings is 2. The number of rotatable bonds is 4. The van der Waals surface area contributed by atoms with Gasteiger partial charge >= 0.3 is 0 Å². The maximum absolute atomic E-state index is 13.1. The van der Waals surface area contributed by atoms with E-state index in [2.05, 4.69) is 0 Å². The Morgan fingerprint density at radius 2 is 1.83 bits per heavy atom. The van der Waals surface area contributed by atoms with E-state index in [4.69, 9.17) is 21.1 Å². The molecule has 29 heavy (non-hydrogen) atoms. The smallest absolute Gasteiger partial charge is 0.239 e. The van der Waals surface area contributed by atoms with Crippen LogP contribution in [0.15, 0.2) is 36.4 Å². The molecular formula is C22H23ClN2O4. The highest BCUT2D eigenvalue weighted by Gasteiger charge is 2.54. The Balaban J connectivity index is 1.57. The summed E-state index contributed by atoms with van der Waals surface area (Å²) in [6.07, 6.45) is 0.784. The van der Waals surface area contributed by atoms with Crippen molar-refractivity contribution in [1.29, 1.82) is 0 Å². The molecule has 2 heterocycles. The van der Waals surface area contributed by atoms with Crippen LogP contribution in [0, 0.1) is 0 Å². The average molecular weight is 415 g/mol. The van der Waals surface area contributed by atoms with Gasteiger partial charge in [-0.05, 0) is 47.9 Å². The number of hydrogen-bond donors (Lipinski definition) is 0. The third-order valence-electron chi connectivity index (χ3n) is 6.02. The fourth-order valence-electron chi connectivity index (χ4n) is 4.35. The van der Waals surface area contributed by atoms with Crippen molar-refractivity contribution < 1.29 is 19.1 Å². The molecule has 0 radical (unpaired) electrons. The van der Waals surface area contributed by atoms with E-state index in [0.29, 0.717) is 36.0 Å². The minimum Gasteiger partial charge on any atom is -0.497 e. The van der Waals surface area contributed by atoms with Gasteiger partial charge in [0.2, 0.25) is 11.8 Å². The molecule has 0 unspecified atom stereocenters. The molecule has 2 aromatic carbocycles. The summed E-state index contributed by atoms with van der Waals surface area (Å²) in [5.74, 6) is 1.34. The van der Waals surface area contributed by atoms with Crippen molar-refractivity contribution in [1.82, 2.24) is 4.90 Å². The molecule has 0 N–H and O–H groups in total. The number of nitrogens with zero attached hydrogens (tertiary/aromatic N) is 2. The van der Waals surface area contributed by atoms with Crippen LogP contribution in [-0.4, -0.2) is 51.1 Å². The van der Waals surface area contributed by atoms with E-state index in [1.165, 1.54) is 0 Å². The second-order valence-corrected chi connectivity index (χ2v) is 7.94. The minimum absolute atomic E-state index is 0.0264. The molecule has 0 aliphatic carbocycles. The van der Waals surface area contributed by atoms with Gasteiger partial charge in [0, 0.05) is 30.8 Å². The number of hydrogen-bond acceptors (Lipinski definition) is 4. The average Bonchev–Trinajstić information content (AvgIpc) is 3.27. The first-order valence-electron chi connectivity index (χ1n) is 9.46. The molecular weight excluding hydrogens is 392 g/mol. The maximum atomic E-state index is 13.1. The molecule has 0 bridgehead atoms. The zero-order valence-corrected chi connectivity index (χ0v) is 17.5. The molecule has 1 saturated heterocycles. The molecule has 1 spiro atoms. The van der Waals surface area contributed by atoms with Gasteiger partial charge in [-0.1, -0.05) is 17.7 Å². The van der Waals surface area contributed by atoms with Crippen LogP contribution in [0.4, 0.5) is 5.69 Å². The number of carbonyl (C=O) groups is 2. The summed E-state index contributed by atoms with van der Waals surface area (Å²) in [7, 11) is 4.96. The number of amides is 2. The van der Waals surface area contributed by atoms with E-state index in [9.17, 15) is 9.59 Å². The lowest BCUT2D eigenvalue weighted by atomic mass is 9.81. The lowest BCUT2D eigenvalue weighted by Crippen LogP contribution is -2.42. The Hall–Kier alpha value is -2.73. The molecule has 7 heteroatoms. The standard InChI is InChI=1S/C22H23ClN2O4/c1-24-19-7-6-15(28-2)11-17(19)22(21(24)27)8-9-25(13-22)20(26)10-14-4-5-16(29-3)12-18(14)23/h4-7,11-12H,8-10,13H2,1-3H3/t22-/m1/s1. The van der Waals surface area contributed by atoms with Crippen LogP contribution in [0.1, 0.15) is 17.5 Å². The van der Waals surface area contributed by atoms with Gasteiger partial charge < -0.3 is 19.3 Å². The summed E-state index contributed by atoms with van der Waals surface area (Å²) in [4.78, 5) is 29.6. The number of likely N-dealkylation sites (N-methyl/N-ethyl adjacent to an activating group) is 1. The Labute approximate surface area is 174 Å². The summed E-state index contributed by atoms with van der Waals surface area (Å²) >= 11 is 6.30. The van der Waals surface area contributed by atoms with E-state index >= 15 is 0 Å². The second kappa shape index (κ2) is 7.26. The van der Waals surface area contributed by atoms with Crippen molar-refractivity contribution in [3.63, 3.8) is 0 Å². The zero-order chi connectivity index (χ0) is 20.8. The van der Waals surface area contributed by atoms with Gasteiger partial charge in [0.1, 0.15) is 11.5 Å². The van der Waals surface area contributed by atoms with Crippen LogP contribution in [0.3, 0.4) is 0 Å².